The molecule has 0 saturated carbocycles. The lowest BCUT2D eigenvalue weighted by Gasteiger charge is -2.56. The first-order valence-corrected chi connectivity index (χ1v) is 18.9. The molecule has 51 heavy (non-hydrogen) atoms. The first kappa shape index (κ1) is 33.7. The number of rotatable bonds is 10. The number of benzene rings is 2. The summed E-state index contributed by atoms with van der Waals surface area (Å²) in [5.41, 5.74) is 4.42. The lowest BCUT2D eigenvalue weighted by Crippen LogP contribution is -2.66. The van der Waals surface area contributed by atoms with Gasteiger partial charge in [0.1, 0.15) is 5.76 Å². The summed E-state index contributed by atoms with van der Waals surface area (Å²) in [6, 6.07) is 20.6. The van der Waals surface area contributed by atoms with E-state index in [2.05, 4.69) is 45.5 Å². The monoisotopic (exact) mass is 691 g/mol. The van der Waals surface area contributed by atoms with E-state index in [9.17, 15) is 14.4 Å². The van der Waals surface area contributed by atoms with Gasteiger partial charge in [-0.2, -0.15) is 0 Å². The van der Waals surface area contributed by atoms with Crippen molar-refractivity contribution < 1.29 is 23.5 Å². The summed E-state index contributed by atoms with van der Waals surface area (Å²) in [4.78, 5) is 53.4. The summed E-state index contributed by atoms with van der Waals surface area (Å²) < 4.78 is 11.2. The molecule has 2 aromatic carbocycles. The van der Waals surface area contributed by atoms with Gasteiger partial charge in [-0.1, -0.05) is 42.5 Å². The number of H-pyrrole nitrogens is 1. The van der Waals surface area contributed by atoms with Crippen LogP contribution in [0, 0.1) is 11.8 Å². The standard InChI is InChI=1S/C41H49N5O5/c47-37(42-16-20-44-21-24-50-25-22-44)28-31-26-34(40(49)45-17-5-2-6-18-45)41(15-13-29-8-3-1-4-9-29)38-33(14-19-46(41)39(31)48)32-12-11-30(27-35(32)43-38)36-10-7-23-51-36/h1,3-4,7-12,23,27,31,34,43H,2,5-6,13-22,24-26,28H2,(H,42,47)/t31-,34-,41+/m1/s1. The van der Waals surface area contributed by atoms with Crippen LogP contribution in [0.1, 0.15) is 55.3 Å². The molecule has 10 heteroatoms. The van der Waals surface area contributed by atoms with Gasteiger partial charge in [0.15, 0.2) is 0 Å². The molecule has 8 rings (SSSR count). The summed E-state index contributed by atoms with van der Waals surface area (Å²) in [5, 5.41) is 4.20. The van der Waals surface area contributed by atoms with Crippen molar-refractivity contribution in [2.24, 2.45) is 11.8 Å². The smallest absolute Gasteiger partial charge is 0.228 e. The molecule has 3 fully saturated rings. The number of morpholine rings is 1. The molecule has 0 unspecified atom stereocenters. The zero-order valence-corrected chi connectivity index (χ0v) is 29.4. The predicted molar refractivity (Wildman–Crippen MR) is 195 cm³/mol. The molecule has 0 spiro atoms. The number of aryl methyl sites for hydroxylation is 1. The van der Waals surface area contributed by atoms with E-state index in [0.29, 0.717) is 52.0 Å². The molecule has 2 aromatic heterocycles. The van der Waals surface area contributed by atoms with E-state index in [4.69, 9.17) is 9.15 Å². The second-order valence-corrected chi connectivity index (χ2v) is 14.7. The Hall–Kier alpha value is -4.41. The third-order valence-electron chi connectivity index (χ3n) is 11.8. The van der Waals surface area contributed by atoms with Crippen molar-refractivity contribution in [1.82, 2.24) is 25.0 Å². The van der Waals surface area contributed by atoms with Crippen molar-refractivity contribution in [3.8, 4) is 11.3 Å². The number of ether oxygens (including phenoxy) is 1. The van der Waals surface area contributed by atoms with E-state index in [1.165, 1.54) is 11.1 Å². The summed E-state index contributed by atoms with van der Waals surface area (Å²) >= 11 is 0. The quantitative estimate of drug-likeness (QED) is 0.239. The van der Waals surface area contributed by atoms with Gasteiger partial charge in [-0.05, 0) is 74.3 Å². The zero-order chi connectivity index (χ0) is 34.8. The van der Waals surface area contributed by atoms with Crippen molar-refractivity contribution in [2.75, 3.05) is 59.0 Å². The van der Waals surface area contributed by atoms with Gasteiger partial charge < -0.3 is 29.3 Å². The highest BCUT2D eigenvalue weighted by molar-refractivity contribution is 5.94. The number of amides is 3. The molecule has 10 nitrogen and oxygen atoms in total. The molecule has 3 atom stereocenters. The van der Waals surface area contributed by atoms with Crippen molar-refractivity contribution in [1.29, 1.82) is 0 Å². The largest absolute Gasteiger partial charge is 0.464 e. The number of hydrogen-bond donors (Lipinski definition) is 2. The Labute approximate surface area is 299 Å². The number of carbonyl (C=O) groups is 3. The van der Waals surface area contributed by atoms with Gasteiger partial charge in [-0.25, -0.2) is 0 Å². The molecule has 6 heterocycles. The van der Waals surface area contributed by atoms with Crippen LogP contribution in [0.2, 0.25) is 0 Å². The van der Waals surface area contributed by atoms with Crippen LogP contribution in [0.3, 0.4) is 0 Å². The summed E-state index contributed by atoms with van der Waals surface area (Å²) in [6.45, 7) is 6.39. The van der Waals surface area contributed by atoms with Crippen LogP contribution in [0.5, 0.6) is 0 Å². The first-order valence-electron chi connectivity index (χ1n) is 18.9. The zero-order valence-electron chi connectivity index (χ0n) is 29.4. The summed E-state index contributed by atoms with van der Waals surface area (Å²) in [7, 11) is 0. The van der Waals surface area contributed by atoms with Crippen LogP contribution in [-0.2, 0) is 37.5 Å². The molecule has 0 bridgehead atoms. The number of likely N-dealkylation sites (tertiary alicyclic amines) is 1. The fourth-order valence-corrected chi connectivity index (χ4v) is 9.21. The van der Waals surface area contributed by atoms with Gasteiger partial charge in [0.25, 0.3) is 0 Å². The number of fused-ring (bicyclic) bond motifs is 5. The normalized spacial score (nSPS) is 24.0. The van der Waals surface area contributed by atoms with Crippen LogP contribution in [0.25, 0.3) is 22.2 Å². The minimum Gasteiger partial charge on any atom is -0.464 e. The Morgan fingerprint density at radius 1 is 0.941 bits per heavy atom. The van der Waals surface area contributed by atoms with Crippen LogP contribution in [0.15, 0.2) is 71.3 Å². The molecular formula is C41H49N5O5. The SMILES string of the molecule is O=C(C[C@H]1C[C@H](C(=O)N2CCCCC2)[C@@]2(CCc3ccccc3)c3[nH]c4cc(-c5ccco5)ccc4c3CCN2C1=O)NCCN1CCOCC1. The second kappa shape index (κ2) is 14.7. The Morgan fingerprint density at radius 2 is 1.76 bits per heavy atom. The molecule has 3 amide bonds. The number of nitrogens with zero attached hydrogens (tertiary/aromatic N) is 3. The lowest BCUT2D eigenvalue weighted by molar-refractivity contribution is -0.167. The van der Waals surface area contributed by atoms with Gasteiger partial charge in [-0.3, -0.25) is 19.3 Å². The first-order chi connectivity index (χ1) is 25.0. The molecule has 3 saturated heterocycles. The van der Waals surface area contributed by atoms with E-state index >= 15 is 0 Å². The maximum Gasteiger partial charge on any atom is 0.228 e. The summed E-state index contributed by atoms with van der Waals surface area (Å²) in [6.07, 6.45) is 7.21. The molecule has 4 aliphatic heterocycles. The Balaban J connectivity index is 1.16. The third kappa shape index (κ3) is 6.60. The Kier molecular flexibility index (Phi) is 9.70. The minimum atomic E-state index is -0.873. The van der Waals surface area contributed by atoms with E-state index in [0.717, 1.165) is 79.9 Å². The highest BCUT2D eigenvalue weighted by atomic mass is 16.5. The minimum absolute atomic E-state index is 0.0188. The van der Waals surface area contributed by atoms with E-state index in [1.54, 1.807) is 6.26 Å². The van der Waals surface area contributed by atoms with E-state index in [1.807, 2.05) is 40.1 Å². The van der Waals surface area contributed by atoms with Crippen molar-refractivity contribution in [2.45, 2.75) is 56.9 Å². The second-order valence-electron chi connectivity index (χ2n) is 14.7. The number of carbonyl (C=O) groups excluding carboxylic acids is 3. The van der Waals surface area contributed by atoms with Gasteiger partial charge in [0, 0.05) is 80.3 Å². The van der Waals surface area contributed by atoms with E-state index in [-0.39, 0.29) is 24.1 Å². The topological polar surface area (TPSA) is 111 Å². The average molecular weight is 692 g/mol. The molecule has 4 aliphatic rings. The highest BCUT2D eigenvalue weighted by Crippen LogP contribution is 2.53. The predicted octanol–water partition coefficient (Wildman–Crippen LogP) is 5.13. The Bertz CT molecular complexity index is 1840. The van der Waals surface area contributed by atoms with Crippen LogP contribution in [-0.4, -0.2) is 96.4 Å². The van der Waals surface area contributed by atoms with Crippen LogP contribution >= 0.6 is 0 Å². The maximum absolute atomic E-state index is 15.0. The molecule has 4 aromatic rings. The molecule has 2 N–H and O–H groups in total. The van der Waals surface area contributed by atoms with Gasteiger partial charge in [-0.15, -0.1) is 0 Å². The lowest BCUT2D eigenvalue weighted by atomic mass is 9.64. The number of hydrogen-bond acceptors (Lipinski definition) is 6. The summed E-state index contributed by atoms with van der Waals surface area (Å²) in [5.74, 6) is -0.290. The Morgan fingerprint density at radius 3 is 2.55 bits per heavy atom. The molecule has 0 aliphatic carbocycles. The molecule has 268 valence electrons. The molecule has 0 radical (unpaired) electrons. The number of aromatic amines is 1. The number of nitrogens with one attached hydrogen (secondary N) is 2. The fraction of sp³-hybridized carbons (Fsp3) is 0.488. The average Bonchev–Trinajstić information content (AvgIpc) is 3.85. The number of aromatic nitrogens is 1. The van der Waals surface area contributed by atoms with Gasteiger partial charge in [0.05, 0.1) is 30.9 Å². The van der Waals surface area contributed by atoms with Gasteiger partial charge in [0.2, 0.25) is 17.7 Å². The number of piperidine rings is 2. The van der Waals surface area contributed by atoms with Gasteiger partial charge >= 0.3 is 0 Å². The third-order valence-corrected chi connectivity index (χ3v) is 11.8. The van der Waals surface area contributed by atoms with Crippen molar-refractivity contribution >= 4 is 28.6 Å². The van der Waals surface area contributed by atoms with Crippen LogP contribution in [0.4, 0.5) is 0 Å². The van der Waals surface area contributed by atoms with Crippen molar-refractivity contribution in [3.05, 3.63) is 83.7 Å². The maximum atomic E-state index is 15.0. The fourth-order valence-electron chi connectivity index (χ4n) is 9.21. The van der Waals surface area contributed by atoms with Crippen LogP contribution < -0.4 is 5.32 Å². The molecular weight excluding hydrogens is 642 g/mol. The number of furan rings is 1. The van der Waals surface area contributed by atoms with Crippen molar-refractivity contribution in [3.63, 3.8) is 0 Å². The van der Waals surface area contributed by atoms with E-state index < -0.39 is 17.4 Å². The highest BCUT2D eigenvalue weighted by Gasteiger charge is 2.59.